The summed E-state index contributed by atoms with van der Waals surface area (Å²) in [7, 11) is 0. The van der Waals surface area contributed by atoms with Gasteiger partial charge >= 0.3 is 0 Å². The summed E-state index contributed by atoms with van der Waals surface area (Å²) < 4.78 is 20.7. The van der Waals surface area contributed by atoms with Gasteiger partial charge in [-0.15, -0.1) is 10.2 Å². The SMILES string of the molecule is Cc1nc(-c2cccc(Cl)c2)oc1-c1ccc(=O)n(Cc2nnc(-c3cncc(F)c3)s2)n1. The van der Waals surface area contributed by atoms with Gasteiger partial charge in [-0.3, -0.25) is 9.78 Å². The van der Waals surface area contributed by atoms with Crippen molar-refractivity contribution in [3.8, 4) is 33.5 Å². The molecule has 0 unspecified atom stereocenters. The Balaban J connectivity index is 1.44. The Kier molecular flexibility index (Phi) is 5.53. The second-order valence-electron chi connectivity index (χ2n) is 7.05. The minimum Gasteiger partial charge on any atom is -0.434 e. The van der Waals surface area contributed by atoms with E-state index in [4.69, 9.17) is 16.0 Å². The monoisotopic (exact) mass is 480 g/mol. The van der Waals surface area contributed by atoms with Gasteiger partial charge in [-0.1, -0.05) is 29.0 Å². The fourth-order valence-corrected chi connectivity index (χ4v) is 4.15. The molecule has 0 aliphatic heterocycles. The average molecular weight is 481 g/mol. The Bertz CT molecular complexity index is 1530. The van der Waals surface area contributed by atoms with Crippen molar-refractivity contribution in [2.45, 2.75) is 13.5 Å². The summed E-state index contributed by atoms with van der Waals surface area (Å²) in [5.41, 5.74) is 2.01. The standard InChI is InChI=1S/C22H14ClFN6O2S/c1-12-20(32-21(26-12)13-3-2-4-15(23)7-13)17-5-6-19(31)30(29-17)11-18-27-28-22(33-18)14-8-16(24)10-25-9-14/h2-10H,11H2,1H3. The minimum atomic E-state index is -0.464. The lowest BCUT2D eigenvalue weighted by molar-refractivity contribution is 0.573. The Hall–Kier alpha value is -3.76. The summed E-state index contributed by atoms with van der Waals surface area (Å²) in [6.45, 7) is 1.90. The molecule has 33 heavy (non-hydrogen) atoms. The Morgan fingerprint density at radius 3 is 2.82 bits per heavy atom. The summed E-state index contributed by atoms with van der Waals surface area (Å²) in [5.74, 6) is 0.388. The Morgan fingerprint density at radius 1 is 1.12 bits per heavy atom. The molecule has 0 fully saturated rings. The van der Waals surface area contributed by atoms with E-state index in [1.54, 1.807) is 25.1 Å². The molecule has 1 aromatic carbocycles. The van der Waals surface area contributed by atoms with Crippen molar-refractivity contribution >= 4 is 22.9 Å². The van der Waals surface area contributed by atoms with E-state index in [1.165, 1.54) is 34.3 Å². The molecule has 0 aliphatic carbocycles. The van der Waals surface area contributed by atoms with Gasteiger partial charge in [0.05, 0.1) is 18.4 Å². The van der Waals surface area contributed by atoms with Crippen LogP contribution < -0.4 is 5.56 Å². The van der Waals surface area contributed by atoms with Gasteiger partial charge < -0.3 is 4.42 Å². The molecule has 5 rings (SSSR count). The van der Waals surface area contributed by atoms with Gasteiger partial charge in [0, 0.05) is 28.4 Å². The largest absolute Gasteiger partial charge is 0.434 e. The molecule has 8 nitrogen and oxygen atoms in total. The summed E-state index contributed by atoms with van der Waals surface area (Å²) in [4.78, 5) is 20.7. The number of nitrogens with zero attached hydrogens (tertiary/aromatic N) is 6. The number of aryl methyl sites for hydroxylation is 1. The Morgan fingerprint density at radius 2 is 2.00 bits per heavy atom. The van der Waals surface area contributed by atoms with Gasteiger partial charge in [0.1, 0.15) is 21.5 Å². The molecule has 4 heterocycles. The third kappa shape index (κ3) is 4.43. The first-order chi connectivity index (χ1) is 16.0. The molecule has 0 spiro atoms. The van der Waals surface area contributed by atoms with E-state index >= 15 is 0 Å². The predicted octanol–water partition coefficient (Wildman–Crippen LogP) is 4.63. The maximum Gasteiger partial charge on any atom is 0.267 e. The highest BCUT2D eigenvalue weighted by atomic mass is 35.5. The van der Waals surface area contributed by atoms with Crippen LogP contribution in [0.5, 0.6) is 0 Å². The van der Waals surface area contributed by atoms with Crippen molar-refractivity contribution in [2.24, 2.45) is 0 Å². The molecule has 5 aromatic rings. The van der Waals surface area contributed by atoms with Crippen LogP contribution in [-0.4, -0.2) is 29.9 Å². The van der Waals surface area contributed by atoms with Crippen LogP contribution in [0.1, 0.15) is 10.7 Å². The highest BCUT2D eigenvalue weighted by molar-refractivity contribution is 7.14. The average Bonchev–Trinajstić information content (AvgIpc) is 3.42. The summed E-state index contributed by atoms with van der Waals surface area (Å²) in [5, 5.41) is 14.2. The van der Waals surface area contributed by atoms with Crippen LogP contribution in [0.15, 0.2) is 64.1 Å². The molecular weight excluding hydrogens is 467 g/mol. The zero-order chi connectivity index (χ0) is 22.9. The van der Waals surface area contributed by atoms with Crippen LogP contribution in [0.25, 0.3) is 33.5 Å². The maximum atomic E-state index is 13.4. The highest BCUT2D eigenvalue weighted by Gasteiger charge is 2.17. The lowest BCUT2D eigenvalue weighted by Gasteiger charge is -2.04. The molecule has 0 atom stereocenters. The molecule has 0 radical (unpaired) electrons. The Labute approximate surface area is 195 Å². The lowest BCUT2D eigenvalue weighted by atomic mass is 10.2. The number of oxazole rings is 1. The first kappa shape index (κ1) is 21.1. The van der Waals surface area contributed by atoms with E-state index in [-0.39, 0.29) is 12.1 Å². The molecule has 164 valence electrons. The molecule has 0 saturated carbocycles. The first-order valence-electron chi connectivity index (χ1n) is 9.71. The second-order valence-corrected chi connectivity index (χ2v) is 8.55. The first-order valence-corrected chi connectivity index (χ1v) is 10.9. The third-order valence-electron chi connectivity index (χ3n) is 4.67. The third-order valence-corrected chi connectivity index (χ3v) is 5.86. The number of rotatable bonds is 5. The highest BCUT2D eigenvalue weighted by Crippen LogP contribution is 2.29. The van der Waals surface area contributed by atoms with Crippen molar-refractivity contribution in [1.82, 2.24) is 29.9 Å². The molecule has 0 bridgehead atoms. The molecule has 0 N–H and O–H groups in total. The van der Waals surface area contributed by atoms with Crippen molar-refractivity contribution < 1.29 is 8.81 Å². The molecule has 4 aromatic heterocycles. The van der Waals surface area contributed by atoms with Gasteiger partial charge in [-0.05, 0) is 37.3 Å². The fraction of sp³-hybridized carbons (Fsp3) is 0.0909. The normalized spacial score (nSPS) is 11.1. The van der Waals surface area contributed by atoms with Gasteiger partial charge in [-0.25, -0.2) is 14.1 Å². The number of hydrogen-bond acceptors (Lipinski definition) is 8. The van der Waals surface area contributed by atoms with E-state index in [1.807, 2.05) is 12.1 Å². The number of aromatic nitrogens is 6. The summed E-state index contributed by atoms with van der Waals surface area (Å²) in [6, 6.07) is 11.5. The van der Waals surface area contributed by atoms with Crippen molar-refractivity contribution in [2.75, 3.05) is 0 Å². The van der Waals surface area contributed by atoms with Crippen LogP contribution in [0.3, 0.4) is 0 Å². The van der Waals surface area contributed by atoms with Crippen LogP contribution in [0.4, 0.5) is 4.39 Å². The smallest absolute Gasteiger partial charge is 0.267 e. The van der Waals surface area contributed by atoms with Gasteiger partial charge in [-0.2, -0.15) is 5.10 Å². The van der Waals surface area contributed by atoms with E-state index in [0.717, 1.165) is 11.8 Å². The molecule has 0 aliphatic rings. The number of benzene rings is 1. The molecule has 0 saturated heterocycles. The lowest BCUT2D eigenvalue weighted by Crippen LogP contribution is -2.22. The number of hydrogen-bond donors (Lipinski definition) is 0. The van der Waals surface area contributed by atoms with Crippen LogP contribution >= 0.6 is 22.9 Å². The van der Waals surface area contributed by atoms with Gasteiger partial charge in [0.25, 0.3) is 5.56 Å². The van der Waals surface area contributed by atoms with E-state index < -0.39 is 5.82 Å². The quantitative estimate of drug-likeness (QED) is 0.361. The number of halogens is 2. The molecular formula is C22H14ClFN6O2S. The summed E-state index contributed by atoms with van der Waals surface area (Å²) in [6.07, 6.45) is 2.62. The maximum absolute atomic E-state index is 13.4. The van der Waals surface area contributed by atoms with Gasteiger partial charge in [0.2, 0.25) is 5.89 Å². The number of pyridine rings is 1. The molecule has 11 heteroatoms. The zero-order valence-corrected chi connectivity index (χ0v) is 18.6. The second kappa shape index (κ2) is 8.64. The van der Waals surface area contributed by atoms with Crippen LogP contribution in [0, 0.1) is 12.7 Å². The van der Waals surface area contributed by atoms with Gasteiger partial charge in [0.15, 0.2) is 5.76 Å². The fourth-order valence-electron chi connectivity index (χ4n) is 3.15. The summed E-state index contributed by atoms with van der Waals surface area (Å²) >= 11 is 7.30. The van der Waals surface area contributed by atoms with E-state index in [9.17, 15) is 9.18 Å². The van der Waals surface area contributed by atoms with Crippen molar-refractivity contribution in [1.29, 1.82) is 0 Å². The van der Waals surface area contributed by atoms with Crippen LogP contribution in [-0.2, 0) is 6.54 Å². The van der Waals surface area contributed by atoms with Crippen LogP contribution in [0.2, 0.25) is 5.02 Å². The van der Waals surface area contributed by atoms with E-state index in [0.29, 0.717) is 43.6 Å². The molecule has 0 amide bonds. The van der Waals surface area contributed by atoms with Crippen molar-refractivity contribution in [3.63, 3.8) is 0 Å². The van der Waals surface area contributed by atoms with E-state index in [2.05, 4.69) is 25.3 Å². The predicted molar refractivity (Wildman–Crippen MR) is 121 cm³/mol. The minimum absolute atomic E-state index is 0.0986. The zero-order valence-electron chi connectivity index (χ0n) is 17.1. The van der Waals surface area contributed by atoms with Crippen molar-refractivity contribution in [3.05, 3.63) is 86.8 Å². The topological polar surface area (TPSA) is 99.6 Å².